The zero-order chi connectivity index (χ0) is 18.9. The van der Waals surface area contributed by atoms with Gasteiger partial charge in [-0.3, -0.25) is 14.4 Å². The number of hydrogen-bond acceptors (Lipinski definition) is 4. The molecule has 0 heterocycles. The van der Waals surface area contributed by atoms with Gasteiger partial charge >= 0.3 is 12.1 Å². The molecule has 0 spiro atoms. The molecule has 138 valence electrons. The first-order valence-electron chi connectivity index (χ1n) is 7.57. The summed E-state index contributed by atoms with van der Waals surface area (Å²) in [6.07, 6.45) is -4.71. The summed E-state index contributed by atoms with van der Waals surface area (Å²) < 4.78 is 40.7. The van der Waals surface area contributed by atoms with Crippen molar-refractivity contribution in [3.8, 4) is 0 Å². The fraction of sp³-hybridized carbons (Fsp3) is 0.438. The molecule has 0 aromatic heterocycles. The SMILES string of the molecule is CCOC(=O)CCC(=O)Nc1ccc(CC(=O)NCC(F)(F)F)cc1. The van der Waals surface area contributed by atoms with Crippen LogP contribution >= 0.6 is 0 Å². The molecule has 0 bridgehead atoms. The van der Waals surface area contributed by atoms with Gasteiger partial charge in [-0.2, -0.15) is 13.2 Å². The lowest BCUT2D eigenvalue weighted by Gasteiger charge is -2.09. The van der Waals surface area contributed by atoms with Crippen LogP contribution in [0.1, 0.15) is 25.3 Å². The molecule has 1 aromatic rings. The van der Waals surface area contributed by atoms with Crippen LogP contribution < -0.4 is 10.6 Å². The van der Waals surface area contributed by atoms with E-state index in [-0.39, 0.29) is 31.8 Å². The van der Waals surface area contributed by atoms with Gasteiger partial charge in [0.05, 0.1) is 19.4 Å². The van der Waals surface area contributed by atoms with Crippen LogP contribution in [0.3, 0.4) is 0 Å². The molecule has 1 rings (SSSR count). The third-order valence-corrected chi connectivity index (χ3v) is 2.95. The summed E-state index contributed by atoms with van der Waals surface area (Å²) in [7, 11) is 0. The minimum atomic E-state index is -4.45. The molecule has 0 aliphatic rings. The molecule has 0 radical (unpaired) electrons. The molecule has 0 aliphatic heterocycles. The maximum atomic E-state index is 12.0. The summed E-state index contributed by atoms with van der Waals surface area (Å²) in [6.45, 7) is 0.543. The van der Waals surface area contributed by atoms with Gasteiger partial charge in [-0.25, -0.2) is 0 Å². The zero-order valence-corrected chi connectivity index (χ0v) is 13.6. The monoisotopic (exact) mass is 360 g/mol. The Bertz CT molecular complexity index is 600. The second-order valence-corrected chi connectivity index (χ2v) is 5.12. The van der Waals surface area contributed by atoms with Gasteiger partial charge in [0.1, 0.15) is 6.54 Å². The van der Waals surface area contributed by atoms with Crippen molar-refractivity contribution in [3.63, 3.8) is 0 Å². The number of ether oxygens (including phenoxy) is 1. The van der Waals surface area contributed by atoms with Gasteiger partial charge in [-0.05, 0) is 24.6 Å². The molecule has 0 saturated carbocycles. The maximum absolute atomic E-state index is 12.0. The van der Waals surface area contributed by atoms with Crippen molar-refractivity contribution in [1.82, 2.24) is 5.32 Å². The van der Waals surface area contributed by atoms with Crippen molar-refractivity contribution < 1.29 is 32.3 Å². The van der Waals surface area contributed by atoms with Crippen LogP contribution in [0.15, 0.2) is 24.3 Å². The van der Waals surface area contributed by atoms with Crippen molar-refractivity contribution >= 4 is 23.5 Å². The van der Waals surface area contributed by atoms with E-state index < -0.39 is 24.6 Å². The molecule has 9 heteroatoms. The van der Waals surface area contributed by atoms with Crippen LogP contribution in [-0.2, 0) is 25.5 Å². The highest BCUT2D eigenvalue weighted by molar-refractivity contribution is 5.92. The molecule has 0 aliphatic carbocycles. The van der Waals surface area contributed by atoms with E-state index in [2.05, 4.69) is 5.32 Å². The molecule has 6 nitrogen and oxygen atoms in total. The fourth-order valence-corrected chi connectivity index (χ4v) is 1.82. The van der Waals surface area contributed by atoms with Crippen LogP contribution in [-0.4, -0.2) is 37.1 Å². The Morgan fingerprint density at radius 1 is 1.04 bits per heavy atom. The molecule has 0 fully saturated rings. The summed E-state index contributed by atoms with van der Waals surface area (Å²) in [6, 6.07) is 6.09. The Hall–Kier alpha value is -2.58. The average Bonchev–Trinajstić information content (AvgIpc) is 2.53. The Morgan fingerprint density at radius 2 is 1.68 bits per heavy atom. The topological polar surface area (TPSA) is 84.5 Å². The third-order valence-electron chi connectivity index (χ3n) is 2.95. The zero-order valence-electron chi connectivity index (χ0n) is 13.6. The van der Waals surface area contributed by atoms with Crippen LogP contribution in [0.5, 0.6) is 0 Å². The van der Waals surface area contributed by atoms with E-state index in [1.807, 2.05) is 0 Å². The number of rotatable bonds is 8. The number of esters is 1. The van der Waals surface area contributed by atoms with E-state index in [9.17, 15) is 27.6 Å². The highest BCUT2D eigenvalue weighted by Crippen LogP contribution is 2.13. The first-order valence-corrected chi connectivity index (χ1v) is 7.57. The van der Waals surface area contributed by atoms with Crippen LogP contribution in [0.2, 0.25) is 0 Å². The molecule has 25 heavy (non-hydrogen) atoms. The number of anilines is 1. The minimum Gasteiger partial charge on any atom is -0.466 e. The molecule has 0 saturated heterocycles. The lowest BCUT2D eigenvalue weighted by molar-refractivity contribution is -0.144. The Kier molecular flexibility index (Phi) is 7.90. The summed E-state index contributed by atoms with van der Waals surface area (Å²) in [5.41, 5.74) is 0.956. The molecular formula is C16H19F3N2O4. The van der Waals surface area contributed by atoms with Crippen LogP contribution in [0.4, 0.5) is 18.9 Å². The van der Waals surface area contributed by atoms with Crippen molar-refractivity contribution in [1.29, 1.82) is 0 Å². The van der Waals surface area contributed by atoms with Crippen LogP contribution in [0.25, 0.3) is 0 Å². The van der Waals surface area contributed by atoms with Crippen molar-refractivity contribution in [2.75, 3.05) is 18.5 Å². The number of alkyl halides is 3. The van der Waals surface area contributed by atoms with Gasteiger partial charge in [-0.1, -0.05) is 12.1 Å². The predicted octanol–water partition coefficient (Wildman–Crippen LogP) is 2.19. The standard InChI is InChI=1S/C16H19F3N2O4/c1-2-25-15(24)8-7-13(22)21-12-5-3-11(4-6-12)9-14(23)20-10-16(17,18)19/h3-6H,2,7-10H2,1H3,(H,20,23)(H,21,22). The number of carbonyl (C=O) groups excluding carboxylic acids is 3. The minimum absolute atomic E-state index is 0.0273. The maximum Gasteiger partial charge on any atom is 0.405 e. The first kappa shape index (κ1) is 20.5. The Labute approximate surface area is 142 Å². The van der Waals surface area contributed by atoms with Crippen molar-refractivity contribution in [2.45, 2.75) is 32.4 Å². The number of carbonyl (C=O) groups is 3. The van der Waals surface area contributed by atoms with Crippen molar-refractivity contribution in [2.24, 2.45) is 0 Å². The average molecular weight is 360 g/mol. The predicted molar refractivity (Wildman–Crippen MR) is 83.7 cm³/mol. The molecule has 1 aromatic carbocycles. The van der Waals surface area contributed by atoms with E-state index in [0.29, 0.717) is 11.3 Å². The van der Waals surface area contributed by atoms with E-state index in [1.165, 1.54) is 24.3 Å². The van der Waals surface area contributed by atoms with E-state index in [1.54, 1.807) is 12.2 Å². The summed E-state index contributed by atoms with van der Waals surface area (Å²) in [5, 5.41) is 4.35. The van der Waals surface area contributed by atoms with Crippen molar-refractivity contribution in [3.05, 3.63) is 29.8 Å². The summed E-state index contributed by atoms with van der Waals surface area (Å²) in [5.74, 6) is -1.58. The molecular weight excluding hydrogens is 341 g/mol. The Morgan fingerprint density at radius 3 is 2.24 bits per heavy atom. The fourth-order valence-electron chi connectivity index (χ4n) is 1.82. The quantitative estimate of drug-likeness (QED) is 0.696. The smallest absolute Gasteiger partial charge is 0.405 e. The third kappa shape index (κ3) is 9.33. The highest BCUT2D eigenvalue weighted by Gasteiger charge is 2.27. The van der Waals surface area contributed by atoms with Gasteiger partial charge in [0.25, 0.3) is 0 Å². The Balaban J connectivity index is 2.41. The largest absolute Gasteiger partial charge is 0.466 e. The van der Waals surface area contributed by atoms with Gasteiger partial charge in [0, 0.05) is 12.1 Å². The van der Waals surface area contributed by atoms with Gasteiger partial charge in [0.2, 0.25) is 11.8 Å². The number of amides is 2. The first-order chi connectivity index (χ1) is 11.7. The molecule has 2 N–H and O–H groups in total. The van der Waals surface area contributed by atoms with E-state index in [0.717, 1.165) is 0 Å². The van der Waals surface area contributed by atoms with Gasteiger partial charge < -0.3 is 15.4 Å². The van der Waals surface area contributed by atoms with Crippen LogP contribution in [0, 0.1) is 0 Å². The molecule has 2 amide bonds. The van der Waals surface area contributed by atoms with Gasteiger partial charge in [0.15, 0.2) is 0 Å². The number of benzene rings is 1. The van der Waals surface area contributed by atoms with E-state index >= 15 is 0 Å². The lowest BCUT2D eigenvalue weighted by atomic mass is 10.1. The second-order valence-electron chi connectivity index (χ2n) is 5.12. The highest BCUT2D eigenvalue weighted by atomic mass is 19.4. The van der Waals surface area contributed by atoms with E-state index in [4.69, 9.17) is 4.74 Å². The summed E-state index contributed by atoms with van der Waals surface area (Å²) >= 11 is 0. The number of hydrogen-bond donors (Lipinski definition) is 2. The normalized spacial score (nSPS) is 10.9. The molecule has 0 atom stereocenters. The second kappa shape index (κ2) is 9.65. The number of halogens is 3. The lowest BCUT2D eigenvalue weighted by Crippen LogP contribution is -2.34. The number of nitrogens with one attached hydrogen (secondary N) is 2. The van der Waals surface area contributed by atoms with Gasteiger partial charge in [-0.15, -0.1) is 0 Å². The molecule has 0 unspecified atom stereocenters. The summed E-state index contributed by atoms with van der Waals surface area (Å²) in [4.78, 5) is 34.2.